The van der Waals surface area contributed by atoms with Gasteiger partial charge in [-0.2, -0.15) is 5.10 Å². The molecule has 0 N–H and O–H groups in total. The summed E-state index contributed by atoms with van der Waals surface area (Å²) < 4.78 is 1.95. The molecule has 4 heteroatoms. The van der Waals surface area contributed by atoms with Gasteiger partial charge in [0.15, 0.2) is 5.82 Å². The minimum atomic E-state index is 0.914. The van der Waals surface area contributed by atoms with Crippen LogP contribution in [0.3, 0.4) is 0 Å². The molecule has 0 spiro atoms. The summed E-state index contributed by atoms with van der Waals surface area (Å²) in [5.41, 5.74) is 3.14. The fourth-order valence-corrected chi connectivity index (χ4v) is 3.07. The van der Waals surface area contributed by atoms with Crippen molar-refractivity contribution in [1.29, 1.82) is 0 Å². The standard InChI is InChI=1S/C15H11N3S/c1-10-9-13-11-5-2-3-6-12(11)16-15(18(13)17-10)14-7-4-8-19-14/h2-9H,1H3. The maximum Gasteiger partial charge on any atom is 0.171 e. The fourth-order valence-electron chi connectivity index (χ4n) is 2.37. The highest BCUT2D eigenvalue weighted by atomic mass is 32.1. The van der Waals surface area contributed by atoms with Gasteiger partial charge in [0.2, 0.25) is 0 Å². The zero-order valence-electron chi connectivity index (χ0n) is 10.4. The van der Waals surface area contributed by atoms with Gasteiger partial charge in [0.25, 0.3) is 0 Å². The third-order valence-electron chi connectivity index (χ3n) is 3.18. The van der Waals surface area contributed by atoms with Crippen molar-refractivity contribution >= 4 is 27.8 Å². The lowest BCUT2D eigenvalue weighted by atomic mass is 10.2. The van der Waals surface area contributed by atoms with Gasteiger partial charge in [-0.25, -0.2) is 9.50 Å². The Kier molecular flexibility index (Phi) is 2.19. The zero-order valence-corrected chi connectivity index (χ0v) is 11.2. The van der Waals surface area contributed by atoms with Crippen LogP contribution in [0, 0.1) is 6.92 Å². The summed E-state index contributed by atoms with van der Waals surface area (Å²) in [7, 11) is 0. The van der Waals surface area contributed by atoms with Crippen LogP contribution in [-0.2, 0) is 0 Å². The largest absolute Gasteiger partial charge is 0.227 e. The van der Waals surface area contributed by atoms with Gasteiger partial charge in [-0.15, -0.1) is 11.3 Å². The molecule has 0 saturated heterocycles. The Morgan fingerprint density at radius 3 is 2.84 bits per heavy atom. The van der Waals surface area contributed by atoms with Gasteiger partial charge in [0, 0.05) is 5.39 Å². The fraction of sp³-hybridized carbons (Fsp3) is 0.0667. The number of benzene rings is 1. The Morgan fingerprint density at radius 2 is 2.00 bits per heavy atom. The number of aromatic nitrogens is 3. The number of rotatable bonds is 1. The highest BCUT2D eigenvalue weighted by molar-refractivity contribution is 7.13. The molecule has 0 saturated carbocycles. The van der Waals surface area contributed by atoms with Crippen molar-refractivity contribution < 1.29 is 0 Å². The van der Waals surface area contributed by atoms with E-state index in [1.807, 2.05) is 29.6 Å². The molecule has 0 amide bonds. The van der Waals surface area contributed by atoms with Crippen molar-refractivity contribution in [3.05, 3.63) is 53.5 Å². The lowest BCUT2D eigenvalue weighted by Gasteiger charge is -2.05. The number of hydrogen-bond donors (Lipinski definition) is 0. The molecule has 92 valence electrons. The molecule has 19 heavy (non-hydrogen) atoms. The number of thiophene rings is 1. The zero-order chi connectivity index (χ0) is 12.8. The molecule has 3 nitrogen and oxygen atoms in total. The molecular weight excluding hydrogens is 254 g/mol. The highest BCUT2D eigenvalue weighted by Crippen LogP contribution is 2.28. The van der Waals surface area contributed by atoms with E-state index in [-0.39, 0.29) is 0 Å². The van der Waals surface area contributed by atoms with Crippen LogP contribution in [0.1, 0.15) is 5.69 Å². The molecule has 3 heterocycles. The Labute approximate surface area is 114 Å². The first-order chi connectivity index (χ1) is 9.33. The summed E-state index contributed by atoms with van der Waals surface area (Å²) in [5, 5.41) is 7.79. The Balaban J connectivity index is 2.22. The van der Waals surface area contributed by atoms with Crippen LogP contribution >= 0.6 is 11.3 Å². The van der Waals surface area contributed by atoms with Gasteiger partial charge in [-0.1, -0.05) is 24.3 Å². The lowest BCUT2D eigenvalue weighted by Crippen LogP contribution is -1.97. The first kappa shape index (κ1) is 10.7. The van der Waals surface area contributed by atoms with E-state index in [0.717, 1.165) is 32.8 Å². The van der Waals surface area contributed by atoms with Crippen molar-refractivity contribution in [2.45, 2.75) is 6.92 Å². The SMILES string of the molecule is Cc1cc2c3ccccc3nc(-c3cccs3)n2n1. The van der Waals surface area contributed by atoms with Crippen LogP contribution in [0.25, 0.3) is 27.1 Å². The molecule has 4 aromatic rings. The molecule has 4 rings (SSSR count). The molecule has 0 radical (unpaired) electrons. The molecular formula is C15H11N3S. The number of hydrogen-bond acceptors (Lipinski definition) is 3. The molecule has 3 aromatic heterocycles. The van der Waals surface area contributed by atoms with Crippen molar-refractivity contribution in [1.82, 2.24) is 14.6 Å². The summed E-state index contributed by atoms with van der Waals surface area (Å²) in [6.45, 7) is 2.01. The van der Waals surface area contributed by atoms with Gasteiger partial charge in [-0.3, -0.25) is 0 Å². The summed E-state index contributed by atoms with van der Waals surface area (Å²) in [6, 6.07) is 14.4. The van der Waals surface area contributed by atoms with Crippen LogP contribution in [-0.4, -0.2) is 14.6 Å². The number of para-hydroxylation sites is 1. The average Bonchev–Trinajstić information content (AvgIpc) is 3.06. The van der Waals surface area contributed by atoms with E-state index in [2.05, 4.69) is 34.7 Å². The quantitative estimate of drug-likeness (QED) is 0.522. The van der Waals surface area contributed by atoms with Crippen molar-refractivity contribution in [2.75, 3.05) is 0 Å². The summed E-state index contributed by atoms with van der Waals surface area (Å²) in [6.07, 6.45) is 0. The topological polar surface area (TPSA) is 30.2 Å². The van der Waals surface area contributed by atoms with E-state index in [1.54, 1.807) is 11.3 Å². The molecule has 1 aromatic carbocycles. The van der Waals surface area contributed by atoms with Crippen LogP contribution in [0.15, 0.2) is 47.8 Å². The number of aryl methyl sites for hydroxylation is 1. The van der Waals surface area contributed by atoms with Crippen LogP contribution in [0.2, 0.25) is 0 Å². The second-order valence-corrected chi connectivity index (χ2v) is 5.46. The van der Waals surface area contributed by atoms with Crippen molar-refractivity contribution in [3.8, 4) is 10.7 Å². The van der Waals surface area contributed by atoms with Crippen molar-refractivity contribution in [3.63, 3.8) is 0 Å². The second-order valence-electron chi connectivity index (χ2n) is 4.51. The molecule has 0 bridgehead atoms. The van der Waals surface area contributed by atoms with Gasteiger partial charge in [-0.05, 0) is 30.5 Å². The Morgan fingerprint density at radius 1 is 1.11 bits per heavy atom. The lowest BCUT2D eigenvalue weighted by molar-refractivity contribution is 0.924. The molecule has 0 unspecified atom stereocenters. The van der Waals surface area contributed by atoms with E-state index >= 15 is 0 Å². The summed E-state index contributed by atoms with van der Waals surface area (Å²) in [5.74, 6) is 0.914. The van der Waals surface area contributed by atoms with Gasteiger partial charge < -0.3 is 0 Å². The molecule has 0 atom stereocenters. The smallest absolute Gasteiger partial charge is 0.171 e. The van der Waals surface area contributed by atoms with E-state index in [9.17, 15) is 0 Å². The molecule has 0 aliphatic rings. The molecule has 0 aliphatic heterocycles. The highest BCUT2D eigenvalue weighted by Gasteiger charge is 2.12. The first-order valence-electron chi connectivity index (χ1n) is 6.12. The normalized spacial score (nSPS) is 11.4. The second kappa shape index (κ2) is 3.90. The van der Waals surface area contributed by atoms with Crippen LogP contribution in [0.5, 0.6) is 0 Å². The van der Waals surface area contributed by atoms with Gasteiger partial charge in [0.1, 0.15) is 0 Å². The van der Waals surface area contributed by atoms with Gasteiger partial charge in [0.05, 0.1) is 21.6 Å². The molecule has 0 aliphatic carbocycles. The minimum Gasteiger partial charge on any atom is -0.227 e. The van der Waals surface area contributed by atoms with Crippen LogP contribution in [0.4, 0.5) is 0 Å². The maximum absolute atomic E-state index is 4.77. The average molecular weight is 265 g/mol. The van der Waals surface area contributed by atoms with E-state index in [1.165, 1.54) is 0 Å². The monoisotopic (exact) mass is 265 g/mol. The number of fused-ring (bicyclic) bond motifs is 3. The number of nitrogens with zero attached hydrogens (tertiary/aromatic N) is 3. The maximum atomic E-state index is 4.77. The van der Waals surface area contributed by atoms with Gasteiger partial charge >= 0.3 is 0 Å². The summed E-state index contributed by atoms with van der Waals surface area (Å²) in [4.78, 5) is 5.91. The Bertz CT molecular complexity index is 875. The van der Waals surface area contributed by atoms with Crippen LogP contribution < -0.4 is 0 Å². The van der Waals surface area contributed by atoms with E-state index in [0.29, 0.717) is 0 Å². The minimum absolute atomic E-state index is 0.914. The van der Waals surface area contributed by atoms with Crippen molar-refractivity contribution in [2.24, 2.45) is 0 Å². The third-order valence-corrected chi connectivity index (χ3v) is 4.05. The first-order valence-corrected chi connectivity index (χ1v) is 7.00. The van der Waals surface area contributed by atoms with E-state index < -0.39 is 0 Å². The summed E-state index contributed by atoms with van der Waals surface area (Å²) >= 11 is 1.69. The third kappa shape index (κ3) is 1.57. The van der Waals surface area contributed by atoms with E-state index in [4.69, 9.17) is 4.98 Å². The Hall–Kier alpha value is -2.20. The predicted octanol–water partition coefficient (Wildman–Crippen LogP) is 3.92. The predicted molar refractivity (Wildman–Crippen MR) is 78.5 cm³/mol. The molecule has 0 fully saturated rings.